The van der Waals surface area contributed by atoms with Crippen LogP contribution in [-0.2, 0) is 30.5 Å². The van der Waals surface area contributed by atoms with Crippen molar-refractivity contribution >= 4 is 39.7 Å². The van der Waals surface area contributed by atoms with Crippen molar-refractivity contribution < 1.29 is 27.8 Å². The van der Waals surface area contributed by atoms with Gasteiger partial charge in [-0.15, -0.1) is 11.8 Å². The van der Waals surface area contributed by atoms with Gasteiger partial charge in [-0.1, -0.05) is 69.3 Å². The van der Waals surface area contributed by atoms with Gasteiger partial charge in [-0.2, -0.15) is 13.2 Å². The molecule has 0 aliphatic carbocycles. The van der Waals surface area contributed by atoms with Crippen LogP contribution in [0.5, 0.6) is 5.75 Å². The molecule has 4 aromatic heterocycles. The molecule has 6 aromatic rings. The number of aliphatic carboxylic acids is 1. The smallest absolute Gasteiger partial charge is 0.433 e. The van der Waals surface area contributed by atoms with Gasteiger partial charge in [0.15, 0.2) is 0 Å². The Kier molecular flexibility index (Phi) is 9.39. The third kappa shape index (κ3) is 7.78. The van der Waals surface area contributed by atoms with E-state index in [0.29, 0.717) is 29.1 Å². The lowest BCUT2D eigenvalue weighted by atomic mass is 9.88. The summed E-state index contributed by atoms with van der Waals surface area (Å²) in [5.74, 6) is -0.362. The number of para-hydroxylation sites is 1. The number of benzene rings is 2. The number of pyridine rings is 3. The fourth-order valence-corrected chi connectivity index (χ4v) is 6.85. The van der Waals surface area contributed by atoms with Crippen molar-refractivity contribution in [2.75, 3.05) is 0 Å². The SMILES string of the molecule is CC(C)(C)Sc1c(CC(C)(C)C(=O)O)n(Cc2cccc(-c3ccc(C(F)(F)F)nc3)c2)c2ncc(OCc3ccc4ccccc4n3)cc12. The van der Waals surface area contributed by atoms with Crippen LogP contribution in [0, 0.1) is 5.41 Å². The highest BCUT2D eigenvalue weighted by Crippen LogP contribution is 2.44. The molecular weight excluding hydrogens is 662 g/mol. The zero-order valence-corrected chi connectivity index (χ0v) is 29.2. The molecule has 0 radical (unpaired) electrons. The van der Waals surface area contributed by atoms with Gasteiger partial charge in [0.1, 0.15) is 23.7 Å². The van der Waals surface area contributed by atoms with Crippen molar-refractivity contribution in [3.63, 3.8) is 0 Å². The quantitative estimate of drug-likeness (QED) is 0.143. The molecule has 0 saturated heterocycles. The molecule has 0 amide bonds. The van der Waals surface area contributed by atoms with Gasteiger partial charge in [-0.05, 0) is 55.3 Å². The Labute approximate surface area is 292 Å². The van der Waals surface area contributed by atoms with Crippen LogP contribution in [0.4, 0.5) is 13.2 Å². The Morgan fingerprint density at radius 3 is 2.36 bits per heavy atom. The fraction of sp³-hybridized carbons (Fsp3) is 0.282. The second-order valence-electron chi connectivity index (χ2n) is 13.9. The lowest BCUT2D eigenvalue weighted by molar-refractivity contribution is -0.147. The highest BCUT2D eigenvalue weighted by Gasteiger charge is 2.34. The summed E-state index contributed by atoms with van der Waals surface area (Å²) >= 11 is 1.65. The molecule has 0 aliphatic rings. The Balaban J connectivity index is 1.41. The van der Waals surface area contributed by atoms with E-state index in [0.717, 1.165) is 44.2 Å². The Morgan fingerprint density at radius 2 is 1.66 bits per heavy atom. The molecule has 258 valence electrons. The standard InChI is InChI=1S/C39H37F3N4O3S/c1-37(2,3)50-34-30-18-29(49-23-28-15-13-25-10-6-7-12-31(25)45-28)21-44-35(30)46(32(34)19-38(4,5)36(47)48)22-24-9-8-11-26(17-24)27-14-16-33(43-20-27)39(40,41)42/h6-18,20-21H,19,22-23H2,1-5H3,(H,47,48). The van der Waals surface area contributed by atoms with E-state index < -0.39 is 23.3 Å². The maximum Gasteiger partial charge on any atom is 0.433 e. The highest BCUT2D eigenvalue weighted by molar-refractivity contribution is 8.00. The molecule has 50 heavy (non-hydrogen) atoms. The summed E-state index contributed by atoms with van der Waals surface area (Å²) in [5.41, 5.74) is 3.25. The molecular formula is C39H37F3N4O3S. The maximum atomic E-state index is 13.1. The zero-order chi connectivity index (χ0) is 35.8. The van der Waals surface area contributed by atoms with E-state index in [1.807, 2.05) is 71.3 Å². The lowest BCUT2D eigenvalue weighted by Crippen LogP contribution is -2.28. The number of carboxylic acids is 1. The van der Waals surface area contributed by atoms with E-state index in [4.69, 9.17) is 14.7 Å². The molecule has 2 aromatic carbocycles. The van der Waals surface area contributed by atoms with E-state index in [1.165, 1.54) is 12.3 Å². The van der Waals surface area contributed by atoms with E-state index in [-0.39, 0.29) is 17.8 Å². The second-order valence-corrected chi connectivity index (χ2v) is 15.7. The first kappa shape index (κ1) is 34.9. The third-order valence-corrected chi connectivity index (χ3v) is 9.50. The first-order valence-corrected chi connectivity index (χ1v) is 16.9. The molecule has 7 nitrogen and oxygen atoms in total. The van der Waals surface area contributed by atoms with Gasteiger partial charge in [0.25, 0.3) is 0 Å². The third-order valence-electron chi connectivity index (χ3n) is 8.22. The minimum atomic E-state index is -4.52. The monoisotopic (exact) mass is 698 g/mol. The summed E-state index contributed by atoms with van der Waals surface area (Å²) in [4.78, 5) is 26.6. The summed E-state index contributed by atoms with van der Waals surface area (Å²) in [6.45, 7) is 10.3. The van der Waals surface area contributed by atoms with Gasteiger partial charge in [-0.25, -0.2) is 9.97 Å². The predicted octanol–water partition coefficient (Wildman–Crippen LogP) is 9.84. The van der Waals surface area contributed by atoms with Crippen LogP contribution in [0.3, 0.4) is 0 Å². The van der Waals surface area contributed by atoms with Crippen LogP contribution in [0.1, 0.15) is 57.3 Å². The Morgan fingerprint density at radius 1 is 0.880 bits per heavy atom. The number of alkyl halides is 3. The first-order chi connectivity index (χ1) is 23.6. The molecule has 0 fully saturated rings. The maximum absolute atomic E-state index is 13.1. The number of carbonyl (C=O) groups is 1. The number of nitrogens with zero attached hydrogens (tertiary/aromatic N) is 4. The molecule has 1 N–H and O–H groups in total. The predicted molar refractivity (Wildman–Crippen MR) is 190 cm³/mol. The van der Waals surface area contributed by atoms with Crippen LogP contribution >= 0.6 is 11.8 Å². The van der Waals surface area contributed by atoms with Crippen LogP contribution in [0.2, 0.25) is 0 Å². The van der Waals surface area contributed by atoms with Crippen molar-refractivity contribution in [1.29, 1.82) is 0 Å². The largest absolute Gasteiger partial charge is 0.486 e. The molecule has 0 bridgehead atoms. The van der Waals surface area contributed by atoms with Crippen LogP contribution in [0.25, 0.3) is 33.1 Å². The summed E-state index contributed by atoms with van der Waals surface area (Å²) < 4.78 is 47.5. The summed E-state index contributed by atoms with van der Waals surface area (Å²) in [7, 11) is 0. The number of carboxylic acid groups (broad SMARTS) is 1. The molecule has 0 spiro atoms. The molecule has 0 aliphatic heterocycles. The highest BCUT2D eigenvalue weighted by atomic mass is 32.2. The summed E-state index contributed by atoms with van der Waals surface area (Å²) in [6.07, 6.45) is -1.40. The second kappa shape index (κ2) is 13.4. The van der Waals surface area contributed by atoms with E-state index in [2.05, 4.69) is 25.8 Å². The van der Waals surface area contributed by atoms with Crippen molar-refractivity contribution in [1.82, 2.24) is 19.5 Å². The molecule has 0 saturated carbocycles. The molecule has 4 heterocycles. The Bertz CT molecular complexity index is 2190. The van der Waals surface area contributed by atoms with E-state index in [1.54, 1.807) is 31.8 Å². The first-order valence-electron chi connectivity index (χ1n) is 16.1. The van der Waals surface area contributed by atoms with Gasteiger partial charge in [0, 0.05) is 50.8 Å². The summed E-state index contributed by atoms with van der Waals surface area (Å²) in [5, 5.41) is 12.1. The molecule has 0 unspecified atom stereocenters. The van der Waals surface area contributed by atoms with E-state index >= 15 is 0 Å². The average Bonchev–Trinajstić information content (AvgIpc) is 3.32. The number of hydrogen-bond acceptors (Lipinski definition) is 6. The van der Waals surface area contributed by atoms with Gasteiger partial charge < -0.3 is 14.4 Å². The molecule has 6 rings (SSSR count). The van der Waals surface area contributed by atoms with Gasteiger partial charge in [-0.3, -0.25) is 9.78 Å². The van der Waals surface area contributed by atoms with Crippen molar-refractivity contribution in [3.8, 4) is 16.9 Å². The normalized spacial score (nSPS) is 12.5. The lowest BCUT2D eigenvalue weighted by Gasteiger charge is -2.24. The number of halogens is 3. The minimum absolute atomic E-state index is 0.220. The van der Waals surface area contributed by atoms with Gasteiger partial charge >= 0.3 is 12.1 Å². The number of thioether (sulfide) groups is 1. The average molecular weight is 699 g/mol. The van der Waals surface area contributed by atoms with Gasteiger partial charge in [0.2, 0.25) is 0 Å². The van der Waals surface area contributed by atoms with Crippen LogP contribution < -0.4 is 4.74 Å². The number of aromatic nitrogens is 4. The zero-order valence-electron chi connectivity index (χ0n) is 28.4. The van der Waals surface area contributed by atoms with Crippen molar-refractivity contribution in [3.05, 3.63) is 114 Å². The van der Waals surface area contributed by atoms with Crippen LogP contribution in [0.15, 0.2) is 96.2 Å². The van der Waals surface area contributed by atoms with Crippen LogP contribution in [-0.4, -0.2) is 35.3 Å². The van der Waals surface area contributed by atoms with Crippen molar-refractivity contribution in [2.45, 2.75) is 70.0 Å². The fourth-order valence-electron chi connectivity index (χ4n) is 5.68. The Hall–Kier alpha value is -4.90. The number of ether oxygens (including phenoxy) is 1. The number of rotatable bonds is 10. The minimum Gasteiger partial charge on any atom is -0.486 e. The number of hydrogen-bond donors (Lipinski definition) is 1. The summed E-state index contributed by atoms with van der Waals surface area (Å²) in [6, 6.07) is 23.7. The topological polar surface area (TPSA) is 90.1 Å². The van der Waals surface area contributed by atoms with Crippen molar-refractivity contribution in [2.24, 2.45) is 5.41 Å². The molecule has 0 atom stereocenters. The van der Waals surface area contributed by atoms with Gasteiger partial charge in [0.05, 0.1) is 22.8 Å². The number of fused-ring (bicyclic) bond motifs is 2. The van der Waals surface area contributed by atoms with E-state index in [9.17, 15) is 23.1 Å². The molecule has 11 heteroatoms.